The van der Waals surface area contributed by atoms with Gasteiger partial charge in [-0.25, -0.2) is 4.98 Å². The maximum atomic E-state index is 5.53. The van der Waals surface area contributed by atoms with Gasteiger partial charge in [0.15, 0.2) is 0 Å². The lowest BCUT2D eigenvalue weighted by Crippen LogP contribution is -1.81. The van der Waals surface area contributed by atoms with E-state index in [0.29, 0.717) is 11.7 Å². The molecule has 1 aliphatic carbocycles. The van der Waals surface area contributed by atoms with Gasteiger partial charge in [-0.05, 0) is 12.8 Å². The number of thiazole rings is 1. The lowest BCUT2D eigenvalue weighted by molar-refractivity contribution is 1.04. The summed E-state index contributed by atoms with van der Waals surface area (Å²) in [5.74, 6) is 1.23. The second-order valence-corrected chi connectivity index (χ2v) is 4.42. The Balaban J connectivity index is 0.000000853. The molecule has 0 atom stereocenters. The van der Waals surface area contributed by atoms with Gasteiger partial charge in [0.05, 0.1) is 11.4 Å². The zero-order valence-corrected chi connectivity index (χ0v) is 9.57. The predicted molar refractivity (Wildman–Crippen MR) is 63.3 cm³/mol. The van der Waals surface area contributed by atoms with Gasteiger partial charge in [0.2, 0.25) is 0 Å². The number of hydrogen-bond donors (Lipinski definition) is 2. The molecule has 4 nitrogen and oxygen atoms in total. The van der Waals surface area contributed by atoms with Crippen molar-refractivity contribution in [1.82, 2.24) is 15.2 Å². The number of nitrogens with one attached hydrogen (secondary N) is 1. The molecule has 0 aliphatic heterocycles. The van der Waals surface area contributed by atoms with Crippen LogP contribution in [0.1, 0.15) is 24.5 Å². The lowest BCUT2D eigenvalue weighted by atomic mass is 10.3. The molecule has 1 saturated carbocycles. The number of aromatic nitrogens is 3. The first-order valence-corrected chi connectivity index (χ1v) is 5.47. The number of nitrogens with two attached hydrogens (primary N) is 1. The van der Waals surface area contributed by atoms with Gasteiger partial charge in [0.25, 0.3) is 0 Å². The minimum absolute atomic E-state index is 0. The molecular weight excluding hydrogens is 232 g/mol. The second kappa shape index (κ2) is 3.83. The Morgan fingerprint density at radius 1 is 1.47 bits per heavy atom. The highest BCUT2D eigenvalue weighted by Gasteiger charge is 2.26. The summed E-state index contributed by atoms with van der Waals surface area (Å²) in [5, 5.41) is 9.86. The summed E-state index contributed by atoms with van der Waals surface area (Å²) < 4.78 is 0. The molecule has 0 amide bonds. The zero-order chi connectivity index (χ0) is 9.54. The standard InChI is InChI=1S/C9H10N4S.ClH/c10-8-3-6(12-13-8)9-11-7(4-14-9)5-1-2-5;/h3-5H,1-2H2,(H3,10,12,13);1H. The molecule has 0 radical (unpaired) electrons. The summed E-state index contributed by atoms with van der Waals surface area (Å²) in [7, 11) is 0. The van der Waals surface area contributed by atoms with Crippen LogP contribution in [0.2, 0.25) is 0 Å². The van der Waals surface area contributed by atoms with Crippen LogP contribution in [0.25, 0.3) is 10.7 Å². The van der Waals surface area contributed by atoms with Crippen molar-refractivity contribution in [3.8, 4) is 10.7 Å². The zero-order valence-electron chi connectivity index (χ0n) is 7.93. The van der Waals surface area contributed by atoms with Gasteiger partial charge in [-0.1, -0.05) is 0 Å². The Kier molecular flexibility index (Phi) is 2.67. The Morgan fingerprint density at radius 2 is 2.27 bits per heavy atom. The molecule has 6 heteroatoms. The van der Waals surface area contributed by atoms with Crippen molar-refractivity contribution in [2.75, 3.05) is 5.73 Å². The van der Waals surface area contributed by atoms with Crippen molar-refractivity contribution in [2.45, 2.75) is 18.8 Å². The molecule has 0 unspecified atom stereocenters. The monoisotopic (exact) mass is 242 g/mol. The fourth-order valence-electron chi connectivity index (χ4n) is 1.42. The summed E-state index contributed by atoms with van der Waals surface area (Å²) in [4.78, 5) is 4.55. The molecule has 0 bridgehead atoms. The fourth-order valence-corrected chi connectivity index (χ4v) is 2.29. The third-order valence-corrected chi connectivity index (χ3v) is 3.24. The maximum absolute atomic E-state index is 5.53. The molecule has 3 N–H and O–H groups in total. The van der Waals surface area contributed by atoms with E-state index in [1.54, 1.807) is 11.3 Å². The van der Waals surface area contributed by atoms with E-state index >= 15 is 0 Å². The first-order chi connectivity index (χ1) is 6.83. The van der Waals surface area contributed by atoms with Crippen LogP contribution >= 0.6 is 23.7 Å². The van der Waals surface area contributed by atoms with Crippen LogP contribution in [-0.4, -0.2) is 15.2 Å². The molecule has 1 fully saturated rings. The van der Waals surface area contributed by atoms with E-state index < -0.39 is 0 Å². The number of anilines is 1. The van der Waals surface area contributed by atoms with E-state index in [-0.39, 0.29) is 12.4 Å². The number of nitrogen functional groups attached to an aromatic ring is 1. The summed E-state index contributed by atoms with van der Waals surface area (Å²) in [6.07, 6.45) is 2.57. The Bertz CT molecular complexity index is 460. The molecular formula is C9H11ClN4S. The van der Waals surface area contributed by atoms with Crippen LogP contribution < -0.4 is 5.73 Å². The maximum Gasteiger partial charge on any atom is 0.145 e. The van der Waals surface area contributed by atoms with Crippen LogP contribution in [0.15, 0.2) is 11.4 Å². The van der Waals surface area contributed by atoms with Gasteiger partial charge in [0, 0.05) is 17.4 Å². The van der Waals surface area contributed by atoms with Crippen molar-refractivity contribution < 1.29 is 0 Å². The molecule has 1 aliphatic rings. The van der Waals surface area contributed by atoms with Gasteiger partial charge in [-0.15, -0.1) is 23.7 Å². The quantitative estimate of drug-likeness (QED) is 0.850. The Morgan fingerprint density at radius 3 is 2.87 bits per heavy atom. The first-order valence-electron chi connectivity index (χ1n) is 4.59. The molecule has 0 aromatic carbocycles. The summed E-state index contributed by atoms with van der Waals surface area (Å²) in [5.41, 5.74) is 7.67. The Labute approximate surface area is 97.3 Å². The summed E-state index contributed by atoms with van der Waals surface area (Å²) >= 11 is 1.65. The average molecular weight is 243 g/mol. The molecule has 3 rings (SSSR count). The molecule has 15 heavy (non-hydrogen) atoms. The first kappa shape index (κ1) is 10.4. The van der Waals surface area contributed by atoms with Crippen molar-refractivity contribution in [2.24, 2.45) is 0 Å². The van der Waals surface area contributed by atoms with E-state index in [0.717, 1.165) is 10.7 Å². The third-order valence-electron chi connectivity index (χ3n) is 2.35. The van der Waals surface area contributed by atoms with Gasteiger partial charge < -0.3 is 5.73 Å². The molecule has 2 heterocycles. The van der Waals surface area contributed by atoms with Crippen LogP contribution in [0, 0.1) is 0 Å². The summed E-state index contributed by atoms with van der Waals surface area (Å²) in [6, 6.07) is 1.81. The number of nitrogens with zero attached hydrogens (tertiary/aromatic N) is 2. The van der Waals surface area contributed by atoms with E-state index in [9.17, 15) is 0 Å². The number of aromatic amines is 1. The topological polar surface area (TPSA) is 67.6 Å². The van der Waals surface area contributed by atoms with E-state index in [1.807, 2.05) is 6.07 Å². The number of hydrogen-bond acceptors (Lipinski definition) is 4. The predicted octanol–water partition coefficient (Wildman–Crippen LogP) is 2.41. The van der Waals surface area contributed by atoms with Crippen LogP contribution in [0.5, 0.6) is 0 Å². The van der Waals surface area contributed by atoms with Gasteiger partial charge >= 0.3 is 0 Å². The van der Waals surface area contributed by atoms with Gasteiger partial charge in [-0.3, -0.25) is 5.10 Å². The number of halogens is 1. The minimum atomic E-state index is 0. The molecule has 2 aromatic rings. The number of H-pyrrole nitrogens is 1. The largest absolute Gasteiger partial charge is 0.382 e. The van der Waals surface area contributed by atoms with Gasteiger partial charge in [-0.2, -0.15) is 5.10 Å². The highest BCUT2D eigenvalue weighted by atomic mass is 35.5. The van der Waals surface area contributed by atoms with Crippen molar-refractivity contribution in [1.29, 1.82) is 0 Å². The van der Waals surface area contributed by atoms with Crippen LogP contribution in [0.4, 0.5) is 5.82 Å². The highest BCUT2D eigenvalue weighted by molar-refractivity contribution is 7.13. The smallest absolute Gasteiger partial charge is 0.145 e. The highest BCUT2D eigenvalue weighted by Crippen LogP contribution is 2.41. The van der Waals surface area contributed by atoms with Crippen molar-refractivity contribution in [3.05, 3.63) is 17.1 Å². The Hall–Kier alpha value is -1.07. The van der Waals surface area contributed by atoms with Crippen molar-refractivity contribution in [3.63, 3.8) is 0 Å². The van der Waals surface area contributed by atoms with E-state index in [2.05, 4.69) is 20.6 Å². The van der Waals surface area contributed by atoms with E-state index in [4.69, 9.17) is 5.73 Å². The summed E-state index contributed by atoms with van der Waals surface area (Å²) in [6.45, 7) is 0. The third kappa shape index (κ3) is 1.98. The fraction of sp³-hybridized carbons (Fsp3) is 0.333. The normalized spacial score (nSPS) is 14.9. The lowest BCUT2D eigenvalue weighted by Gasteiger charge is -1.87. The average Bonchev–Trinajstić information content (AvgIpc) is 2.76. The van der Waals surface area contributed by atoms with E-state index in [1.165, 1.54) is 18.5 Å². The van der Waals surface area contributed by atoms with Crippen LogP contribution in [0.3, 0.4) is 0 Å². The molecule has 2 aromatic heterocycles. The van der Waals surface area contributed by atoms with Gasteiger partial charge in [0.1, 0.15) is 10.8 Å². The van der Waals surface area contributed by atoms with Crippen LogP contribution in [-0.2, 0) is 0 Å². The molecule has 0 spiro atoms. The molecule has 0 saturated heterocycles. The van der Waals surface area contributed by atoms with Crippen molar-refractivity contribution >= 4 is 29.6 Å². The second-order valence-electron chi connectivity index (χ2n) is 3.56. The minimum Gasteiger partial charge on any atom is -0.382 e. The molecule has 80 valence electrons. The SMILES string of the molecule is Cl.Nc1cc(-c2nc(C3CC3)cs2)[nH]n1. The number of rotatable bonds is 2.